The summed E-state index contributed by atoms with van der Waals surface area (Å²) in [5, 5.41) is 30.4. The van der Waals surface area contributed by atoms with E-state index in [-0.39, 0.29) is 32.9 Å². The predicted octanol–water partition coefficient (Wildman–Crippen LogP) is 2.65. The lowest BCUT2D eigenvalue weighted by atomic mass is 10.2. The van der Waals surface area contributed by atoms with Crippen molar-refractivity contribution in [2.75, 3.05) is 5.32 Å². The number of nitrogens with one attached hydrogen (secondary N) is 1. The molecule has 0 aliphatic heterocycles. The van der Waals surface area contributed by atoms with Gasteiger partial charge in [-0.15, -0.1) is 10.2 Å². The molecule has 1 N–H and O–H groups in total. The van der Waals surface area contributed by atoms with Crippen LogP contribution in [0.15, 0.2) is 12.1 Å². The second-order valence-corrected chi connectivity index (χ2v) is 4.48. The summed E-state index contributed by atoms with van der Waals surface area (Å²) in [6.07, 6.45) is 0. The minimum Gasteiger partial charge on any atom is -0.331 e. The summed E-state index contributed by atoms with van der Waals surface area (Å²) in [4.78, 5) is 11.5. The molecular formula is C10H6Cl2N6O2. The van der Waals surface area contributed by atoms with Gasteiger partial charge in [0.05, 0.1) is 15.0 Å². The fourth-order valence-electron chi connectivity index (χ4n) is 1.48. The zero-order valence-electron chi connectivity index (χ0n) is 9.96. The van der Waals surface area contributed by atoms with E-state index in [0.29, 0.717) is 0 Å². The quantitative estimate of drug-likeness (QED) is 0.689. The average Bonchev–Trinajstić information content (AvgIpc) is 2.73. The third-order valence-corrected chi connectivity index (χ3v) is 3.03. The van der Waals surface area contributed by atoms with Gasteiger partial charge in [0.1, 0.15) is 11.8 Å². The second-order valence-electron chi connectivity index (χ2n) is 3.66. The molecule has 0 amide bonds. The Morgan fingerprint density at radius 2 is 2.05 bits per heavy atom. The molecule has 0 aliphatic rings. The van der Waals surface area contributed by atoms with Crippen molar-refractivity contribution in [3.63, 3.8) is 0 Å². The molecule has 0 fully saturated rings. The zero-order valence-corrected chi connectivity index (χ0v) is 11.5. The van der Waals surface area contributed by atoms with Crippen molar-refractivity contribution in [1.82, 2.24) is 15.0 Å². The van der Waals surface area contributed by atoms with E-state index in [2.05, 4.69) is 15.5 Å². The van der Waals surface area contributed by atoms with E-state index in [9.17, 15) is 10.1 Å². The molecule has 0 saturated carbocycles. The van der Waals surface area contributed by atoms with Gasteiger partial charge in [-0.25, -0.2) is 0 Å². The maximum atomic E-state index is 11.0. The van der Waals surface area contributed by atoms with E-state index in [1.807, 2.05) is 6.07 Å². The normalized spacial score (nSPS) is 10.1. The number of rotatable bonds is 3. The van der Waals surface area contributed by atoms with Crippen LogP contribution in [0.4, 0.5) is 17.2 Å². The summed E-state index contributed by atoms with van der Waals surface area (Å²) in [5.41, 5.74) is -0.205. The molecule has 2 rings (SSSR count). The molecule has 10 heteroatoms. The number of aromatic nitrogens is 3. The topological polar surface area (TPSA) is 110 Å². The van der Waals surface area contributed by atoms with Gasteiger partial charge in [-0.2, -0.15) is 10.1 Å². The first-order chi connectivity index (χ1) is 9.42. The fraction of sp³-hybridized carbons (Fsp3) is 0.100. The molecule has 1 aromatic carbocycles. The van der Waals surface area contributed by atoms with Crippen LogP contribution in [-0.2, 0) is 7.05 Å². The molecule has 0 spiro atoms. The maximum absolute atomic E-state index is 11.0. The van der Waals surface area contributed by atoms with Crippen LogP contribution in [0.25, 0.3) is 0 Å². The highest BCUT2D eigenvalue weighted by molar-refractivity contribution is 6.42. The van der Waals surface area contributed by atoms with Gasteiger partial charge in [-0.05, 0) is 6.07 Å². The number of halogens is 2. The number of nitriles is 1. The van der Waals surface area contributed by atoms with Crippen molar-refractivity contribution in [3.8, 4) is 6.07 Å². The van der Waals surface area contributed by atoms with Crippen LogP contribution in [0.1, 0.15) is 5.69 Å². The smallest absolute Gasteiger partial charge is 0.294 e. The first-order valence-corrected chi connectivity index (χ1v) is 5.90. The van der Waals surface area contributed by atoms with Crippen LogP contribution in [0, 0.1) is 21.4 Å². The molecule has 8 nitrogen and oxygen atoms in total. The van der Waals surface area contributed by atoms with Crippen LogP contribution in [0.5, 0.6) is 0 Å². The van der Waals surface area contributed by atoms with E-state index in [1.54, 1.807) is 0 Å². The Morgan fingerprint density at radius 3 is 2.65 bits per heavy atom. The largest absolute Gasteiger partial charge is 0.331 e. The summed E-state index contributed by atoms with van der Waals surface area (Å²) in [7, 11) is 1.52. The van der Waals surface area contributed by atoms with Gasteiger partial charge in [0.25, 0.3) is 5.69 Å². The summed E-state index contributed by atoms with van der Waals surface area (Å²) in [5.74, 6) is 0.0940. The standard InChI is InChI=1S/C10H6Cl2N6O2/c1-17-15-8(4-13)10(16-17)14-7-2-5(11)6(12)3-9(7)18(19)20/h2-3H,1H3,(H,14,16). The number of anilines is 2. The molecule has 1 aromatic heterocycles. The van der Waals surface area contributed by atoms with Gasteiger partial charge < -0.3 is 5.32 Å². The molecule has 20 heavy (non-hydrogen) atoms. The Hall–Kier alpha value is -2.37. The average molecular weight is 313 g/mol. The minimum atomic E-state index is -0.618. The summed E-state index contributed by atoms with van der Waals surface area (Å²) in [6.45, 7) is 0. The van der Waals surface area contributed by atoms with Gasteiger partial charge in [0.15, 0.2) is 5.82 Å². The molecule has 0 unspecified atom stereocenters. The van der Waals surface area contributed by atoms with Crippen LogP contribution in [0.2, 0.25) is 10.0 Å². The molecule has 0 radical (unpaired) electrons. The van der Waals surface area contributed by atoms with Gasteiger partial charge in [-0.1, -0.05) is 23.2 Å². The van der Waals surface area contributed by atoms with Gasteiger partial charge in [0, 0.05) is 13.1 Å². The molecule has 0 atom stereocenters. The molecule has 0 saturated heterocycles. The van der Waals surface area contributed by atoms with Crippen molar-refractivity contribution in [3.05, 3.63) is 38.0 Å². The first kappa shape index (κ1) is 14.0. The van der Waals surface area contributed by atoms with Crippen molar-refractivity contribution in [2.24, 2.45) is 7.05 Å². The Labute approximate surface area is 122 Å². The van der Waals surface area contributed by atoms with E-state index < -0.39 is 4.92 Å². The molecule has 0 bridgehead atoms. The minimum absolute atomic E-state index is 0.00729. The molecule has 0 aliphatic carbocycles. The van der Waals surface area contributed by atoms with Gasteiger partial charge in [0.2, 0.25) is 5.69 Å². The third kappa shape index (κ3) is 2.64. The summed E-state index contributed by atoms with van der Waals surface area (Å²) >= 11 is 11.6. The van der Waals surface area contributed by atoms with E-state index in [4.69, 9.17) is 28.5 Å². The number of hydrogen-bond acceptors (Lipinski definition) is 6. The van der Waals surface area contributed by atoms with Crippen molar-refractivity contribution in [2.45, 2.75) is 0 Å². The van der Waals surface area contributed by atoms with E-state index >= 15 is 0 Å². The number of nitro groups is 1. The molecule has 1 heterocycles. The lowest BCUT2D eigenvalue weighted by Gasteiger charge is -2.05. The zero-order chi connectivity index (χ0) is 14.9. The SMILES string of the molecule is Cn1nc(C#N)c(Nc2cc(Cl)c(Cl)cc2[N+](=O)[O-])n1. The van der Waals surface area contributed by atoms with Crippen molar-refractivity contribution in [1.29, 1.82) is 5.26 Å². The fourth-order valence-corrected chi connectivity index (χ4v) is 1.80. The van der Waals surface area contributed by atoms with Crippen LogP contribution >= 0.6 is 23.2 Å². The molecule has 102 valence electrons. The van der Waals surface area contributed by atoms with Crippen LogP contribution in [-0.4, -0.2) is 19.9 Å². The number of benzene rings is 1. The van der Waals surface area contributed by atoms with Crippen LogP contribution < -0.4 is 5.32 Å². The monoisotopic (exact) mass is 312 g/mol. The summed E-state index contributed by atoms with van der Waals surface area (Å²) in [6, 6.07) is 4.23. The van der Waals surface area contributed by atoms with E-state index in [1.165, 1.54) is 17.9 Å². The Kier molecular flexibility index (Phi) is 3.74. The lowest BCUT2D eigenvalue weighted by Crippen LogP contribution is -1.99. The second kappa shape index (κ2) is 5.32. The Balaban J connectivity index is 2.50. The Morgan fingerprint density at radius 1 is 1.40 bits per heavy atom. The third-order valence-electron chi connectivity index (χ3n) is 2.31. The highest BCUT2D eigenvalue weighted by Gasteiger charge is 2.19. The predicted molar refractivity (Wildman–Crippen MR) is 72.1 cm³/mol. The molecular weight excluding hydrogens is 307 g/mol. The van der Waals surface area contributed by atoms with Crippen molar-refractivity contribution < 1.29 is 4.92 Å². The van der Waals surface area contributed by atoms with Crippen LogP contribution in [0.3, 0.4) is 0 Å². The number of aryl methyl sites for hydroxylation is 1. The highest BCUT2D eigenvalue weighted by atomic mass is 35.5. The van der Waals surface area contributed by atoms with Gasteiger partial charge >= 0.3 is 0 Å². The van der Waals surface area contributed by atoms with Crippen molar-refractivity contribution >= 4 is 40.4 Å². The molecule has 2 aromatic rings. The lowest BCUT2D eigenvalue weighted by molar-refractivity contribution is -0.383. The maximum Gasteiger partial charge on any atom is 0.294 e. The number of nitrogens with zero attached hydrogens (tertiary/aromatic N) is 5. The highest BCUT2D eigenvalue weighted by Crippen LogP contribution is 2.35. The summed E-state index contributed by atoms with van der Waals surface area (Å²) < 4.78 is 0. The number of hydrogen-bond donors (Lipinski definition) is 1. The van der Waals surface area contributed by atoms with Gasteiger partial charge in [-0.3, -0.25) is 10.1 Å². The van der Waals surface area contributed by atoms with E-state index in [0.717, 1.165) is 6.07 Å². The Bertz CT molecular complexity index is 736. The first-order valence-electron chi connectivity index (χ1n) is 5.14. The number of nitro benzene ring substituents is 1.